The van der Waals surface area contributed by atoms with Crippen molar-refractivity contribution in [2.45, 2.75) is 38.4 Å². The molecule has 3 aromatic rings. The Morgan fingerprint density at radius 3 is 1.92 bits per heavy atom. The van der Waals surface area contributed by atoms with Gasteiger partial charge in [0.1, 0.15) is 0 Å². The van der Waals surface area contributed by atoms with Gasteiger partial charge in [0, 0.05) is 11.1 Å². The molecule has 6 nitrogen and oxygen atoms in total. The van der Waals surface area contributed by atoms with Crippen LogP contribution >= 0.6 is 0 Å². The molecule has 0 saturated carbocycles. The molecule has 6 heteroatoms. The van der Waals surface area contributed by atoms with Crippen molar-refractivity contribution < 1.29 is 23.9 Å². The van der Waals surface area contributed by atoms with E-state index in [1.165, 1.54) is 0 Å². The van der Waals surface area contributed by atoms with Crippen molar-refractivity contribution in [3.63, 3.8) is 0 Å². The molecule has 3 atom stereocenters. The van der Waals surface area contributed by atoms with E-state index in [4.69, 9.17) is 4.74 Å². The third kappa shape index (κ3) is 2.88. The lowest BCUT2D eigenvalue weighted by Gasteiger charge is -2.27. The maximum Gasteiger partial charge on any atom is 0.241 e. The van der Waals surface area contributed by atoms with Crippen molar-refractivity contribution in [3.8, 4) is 0 Å². The second-order valence-electron chi connectivity index (χ2n) is 10.2. The largest absolute Gasteiger partial charge is 0.349 e. The molecule has 2 saturated heterocycles. The van der Waals surface area contributed by atoms with Gasteiger partial charge in [0.2, 0.25) is 29.0 Å². The zero-order chi connectivity index (χ0) is 25.4. The van der Waals surface area contributed by atoms with Gasteiger partial charge in [0.05, 0.1) is 23.6 Å². The van der Waals surface area contributed by atoms with Crippen molar-refractivity contribution in [1.82, 2.24) is 0 Å². The minimum absolute atomic E-state index is 0.228. The smallest absolute Gasteiger partial charge is 0.241 e. The van der Waals surface area contributed by atoms with Crippen molar-refractivity contribution in [2.24, 2.45) is 11.8 Å². The van der Waals surface area contributed by atoms with Gasteiger partial charge in [-0.1, -0.05) is 80.1 Å². The SMILES string of the molecule is Cc1ccc(C2OC3(C(=O)c4ccccc4C3=O)C3C(=O)N(c4ccc(C(C)C)cc4)C(=O)C23)cc1. The summed E-state index contributed by atoms with van der Waals surface area (Å²) in [6, 6.07) is 21.2. The van der Waals surface area contributed by atoms with Crippen molar-refractivity contribution in [1.29, 1.82) is 0 Å². The van der Waals surface area contributed by atoms with Gasteiger partial charge in [-0.25, -0.2) is 4.90 Å². The Balaban J connectivity index is 1.51. The zero-order valence-electron chi connectivity index (χ0n) is 20.2. The number of ketones is 2. The lowest BCUT2D eigenvalue weighted by molar-refractivity contribution is -0.127. The number of imide groups is 1. The van der Waals surface area contributed by atoms with Gasteiger partial charge in [-0.15, -0.1) is 0 Å². The second-order valence-corrected chi connectivity index (χ2v) is 10.2. The Labute approximate surface area is 208 Å². The summed E-state index contributed by atoms with van der Waals surface area (Å²) in [6.45, 7) is 6.07. The molecule has 2 fully saturated rings. The summed E-state index contributed by atoms with van der Waals surface area (Å²) in [4.78, 5) is 56.6. The highest BCUT2D eigenvalue weighted by Crippen LogP contribution is 2.57. The molecule has 3 aliphatic rings. The molecule has 6 rings (SSSR count). The van der Waals surface area contributed by atoms with Crippen LogP contribution in [0.2, 0.25) is 0 Å². The normalized spacial score (nSPS) is 24.2. The second kappa shape index (κ2) is 7.80. The highest BCUT2D eigenvalue weighted by atomic mass is 16.5. The molecule has 180 valence electrons. The molecule has 2 heterocycles. The van der Waals surface area contributed by atoms with Gasteiger partial charge < -0.3 is 4.74 Å². The van der Waals surface area contributed by atoms with Gasteiger partial charge >= 0.3 is 0 Å². The molecule has 36 heavy (non-hydrogen) atoms. The van der Waals surface area contributed by atoms with Gasteiger partial charge in [0.15, 0.2) is 0 Å². The van der Waals surface area contributed by atoms with E-state index in [1.807, 2.05) is 43.3 Å². The first kappa shape index (κ1) is 22.6. The number of fused-ring (bicyclic) bond motifs is 3. The zero-order valence-corrected chi connectivity index (χ0v) is 20.2. The monoisotopic (exact) mass is 479 g/mol. The third-order valence-electron chi connectivity index (χ3n) is 7.74. The maximum absolute atomic E-state index is 14.0. The van der Waals surface area contributed by atoms with Gasteiger partial charge in [-0.05, 0) is 36.1 Å². The number of benzene rings is 3. The number of anilines is 1. The number of Topliss-reactive ketones (excluding diaryl/α,β-unsaturated/α-hetero) is 2. The molecule has 0 aromatic heterocycles. The Morgan fingerprint density at radius 2 is 1.36 bits per heavy atom. The Bertz CT molecular complexity index is 1400. The number of carbonyl (C=O) groups excluding carboxylic acids is 4. The Morgan fingerprint density at radius 1 is 0.778 bits per heavy atom. The number of hydrogen-bond donors (Lipinski definition) is 0. The number of hydrogen-bond acceptors (Lipinski definition) is 5. The van der Waals surface area contributed by atoms with Crippen LogP contribution in [0.4, 0.5) is 5.69 Å². The van der Waals surface area contributed by atoms with Crippen molar-refractivity contribution in [3.05, 3.63) is 101 Å². The molecular formula is C30H25NO5. The van der Waals surface area contributed by atoms with Gasteiger partial charge in [0.25, 0.3) is 0 Å². The predicted molar refractivity (Wildman–Crippen MR) is 133 cm³/mol. The first-order chi connectivity index (χ1) is 17.3. The van der Waals surface area contributed by atoms with E-state index in [9.17, 15) is 19.2 Å². The topological polar surface area (TPSA) is 80.8 Å². The van der Waals surface area contributed by atoms with Crippen LogP contribution < -0.4 is 4.90 Å². The average molecular weight is 480 g/mol. The summed E-state index contributed by atoms with van der Waals surface area (Å²) in [5.41, 5.74) is 1.58. The van der Waals surface area contributed by atoms with Crippen molar-refractivity contribution in [2.75, 3.05) is 4.90 Å². The first-order valence-electron chi connectivity index (χ1n) is 12.2. The van der Waals surface area contributed by atoms with Gasteiger partial charge in [-0.3, -0.25) is 19.2 Å². The van der Waals surface area contributed by atoms with Crippen LogP contribution in [-0.4, -0.2) is 29.0 Å². The van der Waals surface area contributed by atoms with Crippen molar-refractivity contribution >= 4 is 29.1 Å². The van der Waals surface area contributed by atoms with E-state index in [-0.39, 0.29) is 11.1 Å². The predicted octanol–water partition coefficient (Wildman–Crippen LogP) is 4.81. The number of nitrogens with zero attached hydrogens (tertiary/aromatic N) is 1. The van der Waals surface area contributed by atoms with E-state index in [1.54, 1.807) is 36.4 Å². The summed E-state index contributed by atoms with van der Waals surface area (Å²) < 4.78 is 6.32. The van der Waals surface area contributed by atoms with E-state index in [0.29, 0.717) is 17.2 Å². The minimum atomic E-state index is -2.05. The number of carbonyl (C=O) groups is 4. The number of rotatable bonds is 3. The summed E-state index contributed by atoms with van der Waals surface area (Å²) >= 11 is 0. The lowest BCUT2D eigenvalue weighted by Crippen LogP contribution is -2.51. The molecule has 0 radical (unpaired) electrons. The summed E-state index contributed by atoms with van der Waals surface area (Å²) in [5, 5.41) is 0. The summed E-state index contributed by atoms with van der Waals surface area (Å²) in [6.07, 6.45) is -0.908. The molecule has 2 aliphatic heterocycles. The lowest BCUT2D eigenvalue weighted by atomic mass is 9.77. The number of ether oxygens (including phenoxy) is 1. The fraction of sp³-hybridized carbons (Fsp3) is 0.267. The van der Waals surface area contributed by atoms with E-state index in [0.717, 1.165) is 16.0 Å². The maximum atomic E-state index is 14.0. The Hall–Kier alpha value is -3.90. The average Bonchev–Trinajstić information content (AvgIpc) is 3.44. The van der Waals surface area contributed by atoms with E-state index < -0.39 is 46.9 Å². The first-order valence-corrected chi connectivity index (χ1v) is 12.2. The van der Waals surface area contributed by atoms with Gasteiger partial charge in [-0.2, -0.15) is 0 Å². The van der Waals surface area contributed by atoms with Crippen LogP contribution in [0.15, 0.2) is 72.8 Å². The number of amides is 2. The summed E-state index contributed by atoms with van der Waals surface area (Å²) in [5.74, 6) is -4.08. The molecular weight excluding hydrogens is 454 g/mol. The van der Waals surface area contributed by atoms with Crippen LogP contribution in [-0.2, 0) is 14.3 Å². The minimum Gasteiger partial charge on any atom is -0.349 e. The molecule has 3 unspecified atom stereocenters. The standard InChI is InChI=1S/C30H25NO5/c1-16(2)18-12-14-20(15-13-18)31-28(34)23-24(29(31)35)30(36-25(23)19-10-8-17(3)9-11-19)26(32)21-6-4-5-7-22(21)27(30)33/h4-16,23-25H,1-3H3. The quantitative estimate of drug-likeness (QED) is 0.398. The number of aryl methyl sites for hydroxylation is 1. The van der Waals surface area contributed by atoms with Crippen LogP contribution in [0.5, 0.6) is 0 Å². The Kier molecular flexibility index (Phi) is 4.89. The molecule has 1 aliphatic carbocycles. The fourth-order valence-electron chi connectivity index (χ4n) is 5.84. The molecule has 2 amide bonds. The van der Waals surface area contributed by atoms with E-state index in [2.05, 4.69) is 13.8 Å². The van der Waals surface area contributed by atoms with E-state index >= 15 is 0 Å². The highest BCUT2D eigenvalue weighted by Gasteiger charge is 2.74. The van der Waals surface area contributed by atoms with Crippen LogP contribution in [0.3, 0.4) is 0 Å². The highest BCUT2D eigenvalue weighted by molar-refractivity contribution is 6.37. The molecule has 1 spiro atoms. The fourth-order valence-corrected chi connectivity index (χ4v) is 5.84. The molecule has 0 bridgehead atoms. The van der Waals surface area contributed by atoms with Crippen LogP contribution in [0.1, 0.15) is 63.3 Å². The van der Waals surface area contributed by atoms with Crippen LogP contribution in [0.25, 0.3) is 0 Å². The summed E-state index contributed by atoms with van der Waals surface area (Å²) in [7, 11) is 0. The molecule has 0 N–H and O–H groups in total. The molecule has 3 aromatic carbocycles. The van der Waals surface area contributed by atoms with Crippen LogP contribution in [0, 0.1) is 18.8 Å². The third-order valence-corrected chi connectivity index (χ3v) is 7.74.